The third kappa shape index (κ3) is 8.39. The van der Waals surface area contributed by atoms with E-state index in [1.807, 2.05) is 61.7 Å². The van der Waals surface area contributed by atoms with Gasteiger partial charge in [-0.2, -0.15) is 0 Å². The number of benzene rings is 3. The lowest BCUT2D eigenvalue weighted by molar-refractivity contribution is -0.137. The Hall–Kier alpha value is -4.44. The van der Waals surface area contributed by atoms with Crippen molar-refractivity contribution in [3.05, 3.63) is 134 Å². The van der Waals surface area contributed by atoms with Gasteiger partial charge in [0.05, 0.1) is 39.9 Å². The van der Waals surface area contributed by atoms with Gasteiger partial charge in [0.25, 0.3) is 0 Å². The fourth-order valence-electron chi connectivity index (χ4n) is 8.49. The van der Waals surface area contributed by atoms with Crippen molar-refractivity contribution in [3.8, 4) is 0 Å². The molecule has 55 heavy (non-hydrogen) atoms. The summed E-state index contributed by atoms with van der Waals surface area (Å²) in [5.41, 5.74) is 11.8. The standard InChI is InChI=1S/C22H23ClN2O2.C22H22ClNO3S/c1-2-27-22(26)25-12-9-15(10-13-25)20-19-8-7-18(23)14-17(19)6-5-16-4-3-11-24-21(16)20;1-28(27)19-7-3-6-18-17-5-2-4-15(12-20(25)26)21(17)24(22(18)19)13-14-8-10-16(23)11-9-14/h3-4,7-8,11,14H,2,5-6,9-10,12-13H2,1H3;3,6-11,15H,2,4-5,12-13H2,1H3,(H,25,26)/t;15-,28?/m.1/s1. The largest absolute Gasteiger partial charge is 0.481 e. The van der Waals surface area contributed by atoms with Crippen molar-refractivity contribution in [1.82, 2.24) is 14.5 Å². The van der Waals surface area contributed by atoms with E-state index in [-0.39, 0.29) is 18.4 Å². The first-order valence-electron chi connectivity index (χ1n) is 18.9. The predicted molar refractivity (Wildman–Crippen MR) is 220 cm³/mol. The highest BCUT2D eigenvalue weighted by atomic mass is 35.5. The predicted octanol–water partition coefficient (Wildman–Crippen LogP) is 9.86. The van der Waals surface area contributed by atoms with Crippen LogP contribution in [-0.2, 0) is 46.1 Å². The lowest BCUT2D eigenvalue weighted by atomic mass is 9.84. The topological polar surface area (TPSA) is 102 Å². The number of pyridine rings is 1. The van der Waals surface area contributed by atoms with E-state index in [2.05, 4.69) is 28.8 Å². The number of likely N-dealkylation sites (tertiary alicyclic amines) is 1. The van der Waals surface area contributed by atoms with Crippen molar-refractivity contribution >= 4 is 62.5 Å². The first kappa shape index (κ1) is 38.8. The van der Waals surface area contributed by atoms with Gasteiger partial charge in [0.15, 0.2) is 0 Å². The lowest BCUT2D eigenvalue weighted by Crippen LogP contribution is -2.37. The van der Waals surface area contributed by atoms with Crippen LogP contribution in [-0.4, -0.2) is 61.8 Å². The molecule has 286 valence electrons. The van der Waals surface area contributed by atoms with E-state index in [1.54, 1.807) is 11.2 Å². The van der Waals surface area contributed by atoms with E-state index >= 15 is 0 Å². The summed E-state index contributed by atoms with van der Waals surface area (Å²) in [6.07, 6.45) is 9.83. The van der Waals surface area contributed by atoms with Crippen molar-refractivity contribution in [1.29, 1.82) is 0 Å². The first-order chi connectivity index (χ1) is 26.6. The Kier molecular flexibility index (Phi) is 12.1. The first-order valence-corrected chi connectivity index (χ1v) is 21.2. The molecule has 11 heteroatoms. The molecule has 2 atom stereocenters. The molecule has 0 saturated carbocycles. The van der Waals surface area contributed by atoms with Crippen LogP contribution < -0.4 is 0 Å². The van der Waals surface area contributed by atoms with E-state index in [1.165, 1.54) is 33.4 Å². The van der Waals surface area contributed by atoms with Crippen LogP contribution in [0.2, 0.25) is 10.0 Å². The molecule has 8 rings (SSSR count). The number of carbonyl (C=O) groups is 2. The van der Waals surface area contributed by atoms with Gasteiger partial charge in [-0.25, -0.2) is 4.79 Å². The van der Waals surface area contributed by atoms with Crippen LogP contribution in [0.15, 0.2) is 89.5 Å². The zero-order valence-corrected chi connectivity index (χ0v) is 33.5. The third-order valence-electron chi connectivity index (χ3n) is 10.9. The molecular formula is C44H45Cl2N3O5S. The van der Waals surface area contributed by atoms with Crippen molar-refractivity contribution in [2.75, 3.05) is 26.0 Å². The van der Waals surface area contributed by atoms with Gasteiger partial charge in [0, 0.05) is 64.7 Å². The minimum Gasteiger partial charge on any atom is -0.481 e. The summed E-state index contributed by atoms with van der Waals surface area (Å²) >= 11 is 12.3. The number of halogens is 2. The molecule has 1 aliphatic heterocycles. The Morgan fingerprint density at radius 3 is 2.40 bits per heavy atom. The van der Waals surface area contributed by atoms with E-state index < -0.39 is 16.8 Å². The smallest absolute Gasteiger partial charge is 0.409 e. The third-order valence-corrected chi connectivity index (χ3v) is 12.4. The number of hydrogen-bond donors (Lipinski definition) is 1. The molecule has 1 saturated heterocycles. The highest BCUT2D eigenvalue weighted by Gasteiger charge is 2.31. The van der Waals surface area contributed by atoms with Crippen LogP contribution in [0.25, 0.3) is 16.5 Å². The van der Waals surface area contributed by atoms with Gasteiger partial charge in [-0.05, 0) is 116 Å². The van der Waals surface area contributed by atoms with E-state index in [4.69, 9.17) is 32.9 Å². The Balaban J connectivity index is 0.000000169. The number of piperidine rings is 1. The van der Waals surface area contributed by atoms with Crippen LogP contribution in [0.1, 0.15) is 84.2 Å². The van der Waals surface area contributed by atoms with Gasteiger partial charge in [0.1, 0.15) is 0 Å². The zero-order chi connectivity index (χ0) is 38.6. The van der Waals surface area contributed by atoms with Crippen LogP contribution in [0.4, 0.5) is 4.79 Å². The Morgan fingerprint density at radius 2 is 1.67 bits per heavy atom. The minimum absolute atomic E-state index is 0.0286. The Morgan fingerprint density at radius 1 is 0.927 bits per heavy atom. The number of hydrogen-bond acceptors (Lipinski definition) is 5. The molecule has 2 aromatic heterocycles. The zero-order valence-electron chi connectivity index (χ0n) is 31.2. The summed E-state index contributed by atoms with van der Waals surface area (Å²) in [6, 6.07) is 24.0. The van der Waals surface area contributed by atoms with Gasteiger partial charge in [-0.1, -0.05) is 65.2 Å². The number of aryl methyl sites for hydroxylation is 3. The van der Waals surface area contributed by atoms with Gasteiger partial charge in [-0.15, -0.1) is 0 Å². The second-order valence-electron chi connectivity index (χ2n) is 14.3. The number of amides is 1. The second-order valence-corrected chi connectivity index (χ2v) is 16.6. The van der Waals surface area contributed by atoms with Gasteiger partial charge >= 0.3 is 12.1 Å². The minimum atomic E-state index is -1.13. The number of aliphatic carboxylic acids is 1. The number of para-hydroxylation sites is 1. The SMILES string of the molecule is CCOC(=O)N1CCC(=C2c3ccc(Cl)cc3CCc3cccnc32)CC1.CS(=O)c1cccc2c3c(n(Cc4ccc(Cl)cc4)c12)[C@@H](CC(=O)O)CCC3. The van der Waals surface area contributed by atoms with E-state index in [0.29, 0.717) is 31.3 Å². The average Bonchev–Trinajstić information content (AvgIpc) is 3.40. The number of rotatable bonds is 6. The molecule has 0 spiro atoms. The Labute approximate surface area is 334 Å². The quantitative estimate of drug-likeness (QED) is 0.184. The summed E-state index contributed by atoms with van der Waals surface area (Å²) in [5, 5.41) is 12.0. The number of nitrogens with zero attached hydrogens (tertiary/aromatic N) is 3. The maximum atomic E-state index is 12.5. The fraction of sp³-hybridized carbons (Fsp3) is 0.341. The van der Waals surface area contributed by atoms with Crippen molar-refractivity contribution in [2.45, 2.75) is 75.6 Å². The van der Waals surface area contributed by atoms with Crippen LogP contribution in [0.5, 0.6) is 0 Å². The van der Waals surface area contributed by atoms with Gasteiger partial charge in [0.2, 0.25) is 0 Å². The molecule has 1 amide bonds. The summed E-state index contributed by atoms with van der Waals surface area (Å²) in [5.74, 6) is -0.806. The lowest BCUT2D eigenvalue weighted by Gasteiger charge is -2.29. The normalized spacial score (nSPS) is 16.9. The molecule has 0 radical (unpaired) electrons. The maximum absolute atomic E-state index is 12.5. The van der Waals surface area contributed by atoms with E-state index in [0.717, 1.165) is 82.7 Å². The molecule has 2 aliphatic carbocycles. The molecular weight excluding hydrogens is 753 g/mol. The van der Waals surface area contributed by atoms with Gasteiger partial charge in [-0.3, -0.25) is 14.0 Å². The van der Waals surface area contributed by atoms with E-state index in [9.17, 15) is 18.9 Å². The molecule has 1 unspecified atom stereocenters. The molecule has 3 aromatic carbocycles. The molecule has 1 N–H and O–H groups in total. The fourth-order valence-corrected chi connectivity index (χ4v) is 9.58. The van der Waals surface area contributed by atoms with Crippen molar-refractivity contribution in [3.63, 3.8) is 0 Å². The molecule has 1 fully saturated rings. The highest BCUT2D eigenvalue weighted by molar-refractivity contribution is 7.84. The van der Waals surface area contributed by atoms with Crippen LogP contribution in [0.3, 0.4) is 0 Å². The maximum Gasteiger partial charge on any atom is 0.409 e. The number of aromatic nitrogens is 2. The van der Waals surface area contributed by atoms with Gasteiger partial charge < -0.3 is 19.3 Å². The molecule has 3 heterocycles. The summed E-state index contributed by atoms with van der Waals surface area (Å²) in [7, 11) is -1.13. The number of carbonyl (C=O) groups excluding carboxylic acids is 1. The number of ether oxygens (including phenoxy) is 1. The summed E-state index contributed by atoms with van der Waals surface area (Å²) in [4.78, 5) is 30.9. The van der Waals surface area contributed by atoms with Crippen LogP contribution >= 0.6 is 23.2 Å². The molecule has 5 aromatic rings. The summed E-state index contributed by atoms with van der Waals surface area (Å²) < 4.78 is 19.8. The number of carboxylic acid groups (broad SMARTS) is 1. The monoisotopic (exact) mass is 797 g/mol. The van der Waals surface area contributed by atoms with Crippen LogP contribution in [0, 0.1) is 0 Å². The average molecular weight is 799 g/mol. The summed E-state index contributed by atoms with van der Waals surface area (Å²) in [6.45, 7) is 4.22. The number of fused-ring (bicyclic) bond motifs is 5. The Bertz CT molecular complexity index is 2290. The highest BCUT2D eigenvalue weighted by Crippen LogP contribution is 2.42. The molecule has 8 nitrogen and oxygen atoms in total. The second kappa shape index (κ2) is 17.1. The van der Waals surface area contributed by atoms with Crippen molar-refractivity contribution < 1.29 is 23.6 Å². The molecule has 3 aliphatic rings. The number of carboxylic acids is 1. The van der Waals surface area contributed by atoms with Crippen molar-refractivity contribution in [2.24, 2.45) is 0 Å². The molecule has 0 bridgehead atoms.